The lowest BCUT2D eigenvalue weighted by molar-refractivity contribution is 0.0992. The van der Waals surface area contributed by atoms with Gasteiger partial charge in [0.25, 0.3) is 5.91 Å². The van der Waals surface area contributed by atoms with Gasteiger partial charge < -0.3 is 14.8 Å². The monoisotopic (exact) mass is 393 g/mol. The molecule has 8 heteroatoms. The second-order valence-corrected chi connectivity index (χ2v) is 5.94. The first-order valence-corrected chi connectivity index (χ1v) is 8.15. The molecule has 1 aromatic heterocycles. The summed E-state index contributed by atoms with van der Waals surface area (Å²) in [5, 5.41) is 28.8. The van der Waals surface area contributed by atoms with E-state index in [-0.39, 0.29) is 35.3 Å². The number of nitrogens with zero attached hydrogens (tertiary/aromatic N) is 3. The van der Waals surface area contributed by atoms with Crippen molar-refractivity contribution in [2.45, 2.75) is 19.9 Å². The molecule has 0 radical (unpaired) electrons. The van der Waals surface area contributed by atoms with Crippen molar-refractivity contribution in [1.82, 2.24) is 4.57 Å². The molecule has 6 nitrogen and oxygen atoms in total. The highest BCUT2D eigenvalue weighted by Gasteiger charge is 2.17. The van der Waals surface area contributed by atoms with Gasteiger partial charge in [-0.1, -0.05) is 36.7 Å². The van der Waals surface area contributed by atoms with Crippen LogP contribution >= 0.6 is 24.0 Å². The first-order chi connectivity index (χ1) is 12.0. The quantitative estimate of drug-likeness (QED) is 0.576. The van der Waals surface area contributed by atoms with Crippen LogP contribution in [0.4, 0.5) is 5.69 Å². The highest BCUT2D eigenvalue weighted by molar-refractivity contribution is 6.31. The average molecular weight is 394 g/mol. The number of phenols is 1. The zero-order chi connectivity index (χ0) is 18.0. The van der Waals surface area contributed by atoms with Gasteiger partial charge in [-0.05, 0) is 30.7 Å². The Morgan fingerprint density at radius 2 is 1.92 bits per heavy atom. The predicted octanol–water partition coefficient (Wildman–Crippen LogP) is 5.46. The number of hydrogen-bond acceptors (Lipinski definition) is 4. The Balaban J connectivity index is 0.00000243. The van der Waals surface area contributed by atoms with Gasteiger partial charge in [0.2, 0.25) is 5.88 Å². The van der Waals surface area contributed by atoms with Crippen LogP contribution in [0.1, 0.15) is 23.7 Å². The van der Waals surface area contributed by atoms with Gasteiger partial charge in [-0.3, -0.25) is 4.79 Å². The van der Waals surface area contributed by atoms with Gasteiger partial charge >= 0.3 is 0 Å². The van der Waals surface area contributed by atoms with Crippen molar-refractivity contribution in [2.24, 2.45) is 10.2 Å². The standard InChI is InChI=1S/C18H16ClN3O3.ClH/c1-2-9-22-14-6-4-3-5-12(14)16(18(22)25)20-21-17(24)13-10-11(19)7-8-15(13)23;/h3-8,10,23,25H,2,9H2,1H3;1H. The lowest BCUT2D eigenvalue weighted by atomic mass is 10.2. The lowest BCUT2D eigenvalue weighted by Gasteiger charge is -2.03. The number of hydrogen-bond donors (Lipinski definition) is 2. The number of aromatic nitrogens is 1. The van der Waals surface area contributed by atoms with Crippen molar-refractivity contribution >= 4 is 46.5 Å². The van der Waals surface area contributed by atoms with Crippen LogP contribution in [-0.4, -0.2) is 20.7 Å². The molecule has 0 aliphatic rings. The molecule has 0 fully saturated rings. The third-order valence-electron chi connectivity index (χ3n) is 3.79. The first-order valence-electron chi connectivity index (χ1n) is 7.77. The largest absolute Gasteiger partial charge is 0.507 e. The van der Waals surface area contributed by atoms with Crippen LogP contribution in [0.25, 0.3) is 10.9 Å². The normalized spacial score (nSPS) is 11.0. The van der Waals surface area contributed by atoms with Gasteiger partial charge in [0.1, 0.15) is 5.75 Å². The summed E-state index contributed by atoms with van der Waals surface area (Å²) in [6.45, 7) is 2.62. The fraction of sp³-hybridized carbons (Fsp3) is 0.167. The minimum atomic E-state index is -0.744. The fourth-order valence-electron chi connectivity index (χ4n) is 2.65. The van der Waals surface area contributed by atoms with Crippen LogP contribution in [0.5, 0.6) is 11.6 Å². The van der Waals surface area contributed by atoms with Gasteiger partial charge in [-0.15, -0.1) is 22.6 Å². The highest BCUT2D eigenvalue weighted by Crippen LogP contribution is 2.39. The molecule has 1 heterocycles. The molecule has 0 aliphatic carbocycles. The van der Waals surface area contributed by atoms with Crippen molar-refractivity contribution in [2.75, 3.05) is 0 Å². The van der Waals surface area contributed by atoms with E-state index in [0.29, 0.717) is 17.0 Å². The maximum absolute atomic E-state index is 12.2. The van der Waals surface area contributed by atoms with Crippen molar-refractivity contribution in [3.63, 3.8) is 0 Å². The van der Waals surface area contributed by atoms with E-state index < -0.39 is 5.91 Å². The van der Waals surface area contributed by atoms with E-state index in [2.05, 4.69) is 10.2 Å². The fourth-order valence-corrected chi connectivity index (χ4v) is 2.82. The summed E-state index contributed by atoms with van der Waals surface area (Å²) in [7, 11) is 0. The molecule has 0 atom stereocenters. The summed E-state index contributed by atoms with van der Waals surface area (Å²) in [5.74, 6) is -1.02. The Morgan fingerprint density at radius 3 is 2.65 bits per heavy atom. The zero-order valence-electron chi connectivity index (χ0n) is 13.9. The number of carbonyl (C=O) groups is 1. The van der Waals surface area contributed by atoms with Gasteiger partial charge in [0.15, 0.2) is 5.69 Å². The van der Waals surface area contributed by atoms with Crippen molar-refractivity contribution < 1.29 is 15.0 Å². The average Bonchev–Trinajstić information content (AvgIpc) is 2.87. The predicted molar refractivity (Wildman–Crippen MR) is 103 cm³/mol. The van der Waals surface area contributed by atoms with Crippen LogP contribution in [0, 0.1) is 0 Å². The third-order valence-corrected chi connectivity index (χ3v) is 4.03. The molecule has 3 rings (SSSR count). The number of aromatic hydroxyl groups is 2. The van der Waals surface area contributed by atoms with Gasteiger partial charge in [-0.25, -0.2) is 0 Å². The molecule has 136 valence electrons. The number of rotatable bonds is 4. The van der Waals surface area contributed by atoms with E-state index in [9.17, 15) is 15.0 Å². The molecule has 2 N–H and O–H groups in total. The smallest absolute Gasteiger partial charge is 0.299 e. The van der Waals surface area contributed by atoms with Crippen LogP contribution in [-0.2, 0) is 6.54 Å². The molecule has 26 heavy (non-hydrogen) atoms. The SMILES string of the molecule is CCCn1c(O)c(N=NC(=O)c2cc(Cl)ccc2O)c2ccccc21.Cl. The third kappa shape index (κ3) is 3.66. The summed E-state index contributed by atoms with van der Waals surface area (Å²) in [5.41, 5.74) is 0.987. The molecule has 0 unspecified atom stereocenters. The molecule has 0 spiro atoms. The summed E-state index contributed by atoms with van der Waals surface area (Å²) >= 11 is 5.84. The molecular formula is C18H17Cl2N3O3. The van der Waals surface area contributed by atoms with Gasteiger partial charge in [0, 0.05) is 17.0 Å². The molecule has 1 amide bonds. The van der Waals surface area contributed by atoms with E-state index in [1.54, 1.807) is 10.6 Å². The zero-order valence-corrected chi connectivity index (χ0v) is 15.5. The molecule has 0 saturated carbocycles. The molecule has 0 aliphatic heterocycles. The number of azo groups is 1. The first kappa shape index (κ1) is 19.8. The summed E-state index contributed by atoms with van der Waals surface area (Å²) in [6, 6.07) is 11.5. The Morgan fingerprint density at radius 1 is 1.19 bits per heavy atom. The minimum Gasteiger partial charge on any atom is -0.507 e. The van der Waals surface area contributed by atoms with Crippen molar-refractivity contribution in [3.8, 4) is 11.6 Å². The van der Waals surface area contributed by atoms with Crippen molar-refractivity contribution in [3.05, 3.63) is 53.1 Å². The molecule has 3 aromatic rings. The summed E-state index contributed by atoms with van der Waals surface area (Å²) in [4.78, 5) is 12.2. The lowest BCUT2D eigenvalue weighted by Crippen LogP contribution is -1.95. The number of amides is 1. The van der Waals surface area contributed by atoms with E-state index in [4.69, 9.17) is 11.6 Å². The van der Waals surface area contributed by atoms with Gasteiger partial charge in [-0.2, -0.15) is 0 Å². The Labute approximate surface area is 161 Å². The molecule has 0 saturated heterocycles. The summed E-state index contributed by atoms with van der Waals surface area (Å²) in [6.07, 6.45) is 0.831. The van der Waals surface area contributed by atoms with Crippen LogP contribution in [0.15, 0.2) is 52.7 Å². The number of aryl methyl sites for hydroxylation is 1. The number of carbonyl (C=O) groups excluding carboxylic acids is 1. The Bertz CT molecular complexity index is 983. The Kier molecular flexibility index (Phi) is 6.23. The second kappa shape index (κ2) is 8.21. The van der Waals surface area contributed by atoms with Crippen LogP contribution < -0.4 is 0 Å². The molecular weight excluding hydrogens is 377 g/mol. The van der Waals surface area contributed by atoms with Crippen molar-refractivity contribution in [1.29, 1.82) is 0 Å². The van der Waals surface area contributed by atoms with Crippen LogP contribution in [0.2, 0.25) is 5.02 Å². The van der Waals surface area contributed by atoms with Crippen LogP contribution in [0.3, 0.4) is 0 Å². The maximum atomic E-state index is 12.2. The number of halogens is 2. The number of para-hydroxylation sites is 1. The Hall–Kier alpha value is -2.57. The van der Waals surface area contributed by atoms with E-state index in [1.807, 2.05) is 25.1 Å². The number of phenolic OH excluding ortho intramolecular Hbond substituents is 1. The second-order valence-electron chi connectivity index (χ2n) is 5.51. The number of fused-ring (bicyclic) bond motifs is 1. The topological polar surface area (TPSA) is 87.2 Å². The number of benzene rings is 2. The molecule has 2 aromatic carbocycles. The highest BCUT2D eigenvalue weighted by atomic mass is 35.5. The summed E-state index contributed by atoms with van der Waals surface area (Å²) < 4.78 is 1.73. The van der Waals surface area contributed by atoms with Gasteiger partial charge in [0.05, 0.1) is 11.1 Å². The molecule has 0 bridgehead atoms. The maximum Gasteiger partial charge on any atom is 0.299 e. The van der Waals surface area contributed by atoms with E-state index >= 15 is 0 Å². The van der Waals surface area contributed by atoms with E-state index in [1.165, 1.54) is 18.2 Å². The minimum absolute atomic E-state index is 0. The van der Waals surface area contributed by atoms with E-state index in [0.717, 1.165) is 11.9 Å².